The van der Waals surface area contributed by atoms with E-state index in [-0.39, 0.29) is 18.1 Å². The summed E-state index contributed by atoms with van der Waals surface area (Å²) in [5, 5.41) is 9.37. The molecule has 0 amide bonds. The number of aliphatic carboxylic acids is 1. The van der Waals surface area contributed by atoms with Gasteiger partial charge in [0, 0.05) is 0 Å². The largest absolute Gasteiger partial charge is 0.480 e. The Hall–Kier alpha value is -2.18. The molecule has 0 unspecified atom stereocenters. The SMILES string of the molecule is O=C(O)[C@@H](Cc1ccccc1)NS(=O)(=O)CC1Cc2ccccc2C1. The van der Waals surface area contributed by atoms with Crippen LogP contribution in [0.2, 0.25) is 0 Å². The molecule has 0 saturated heterocycles. The Morgan fingerprint density at radius 3 is 2.16 bits per heavy atom. The highest BCUT2D eigenvalue weighted by Gasteiger charge is 2.29. The van der Waals surface area contributed by atoms with Gasteiger partial charge in [0.15, 0.2) is 0 Å². The molecular formula is C19H21NO4S. The zero-order valence-electron chi connectivity index (χ0n) is 13.8. The Bertz CT molecular complexity index is 824. The minimum absolute atomic E-state index is 0.0129. The molecule has 0 radical (unpaired) electrons. The van der Waals surface area contributed by atoms with E-state index < -0.39 is 22.0 Å². The molecule has 132 valence electrons. The maximum atomic E-state index is 12.5. The Balaban J connectivity index is 1.64. The summed E-state index contributed by atoms with van der Waals surface area (Å²) in [6, 6.07) is 15.8. The second-order valence-corrected chi connectivity index (χ2v) is 8.32. The van der Waals surface area contributed by atoms with Gasteiger partial charge in [0.25, 0.3) is 0 Å². The van der Waals surface area contributed by atoms with Gasteiger partial charge in [0.05, 0.1) is 5.75 Å². The molecule has 2 aromatic rings. The monoisotopic (exact) mass is 359 g/mol. The third kappa shape index (κ3) is 4.67. The first-order valence-corrected chi connectivity index (χ1v) is 9.92. The van der Waals surface area contributed by atoms with Crippen LogP contribution < -0.4 is 4.72 Å². The molecule has 1 aliphatic carbocycles. The molecule has 0 fully saturated rings. The van der Waals surface area contributed by atoms with E-state index in [4.69, 9.17) is 0 Å². The number of hydrogen-bond donors (Lipinski definition) is 2. The number of nitrogens with one attached hydrogen (secondary N) is 1. The first-order chi connectivity index (χ1) is 11.9. The maximum absolute atomic E-state index is 12.5. The first kappa shape index (κ1) is 17.6. The quantitative estimate of drug-likeness (QED) is 0.792. The van der Waals surface area contributed by atoms with Gasteiger partial charge >= 0.3 is 5.97 Å². The fourth-order valence-corrected chi connectivity index (χ4v) is 4.94. The number of carboxylic acids is 1. The van der Waals surface area contributed by atoms with Crippen molar-refractivity contribution in [3.8, 4) is 0 Å². The van der Waals surface area contributed by atoms with Gasteiger partial charge in [0.1, 0.15) is 6.04 Å². The molecule has 2 aromatic carbocycles. The van der Waals surface area contributed by atoms with Gasteiger partial charge in [0.2, 0.25) is 10.0 Å². The highest BCUT2D eigenvalue weighted by Crippen LogP contribution is 2.27. The molecule has 0 saturated carbocycles. The highest BCUT2D eigenvalue weighted by molar-refractivity contribution is 7.89. The van der Waals surface area contributed by atoms with Crippen LogP contribution in [0.5, 0.6) is 0 Å². The van der Waals surface area contributed by atoms with Gasteiger partial charge < -0.3 is 5.11 Å². The van der Waals surface area contributed by atoms with E-state index in [1.54, 1.807) is 24.3 Å². The summed E-state index contributed by atoms with van der Waals surface area (Å²) in [5.74, 6) is -1.23. The van der Waals surface area contributed by atoms with Crippen LogP contribution >= 0.6 is 0 Å². The van der Waals surface area contributed by atoms with Crippen LogP contribution in [0, 0.1) is 5.92 Å². The van der Waals surface area contributed by atoms with Crippen LogP contribution in [-0.4, -0.2) is 31.3 Å². The van der Waals surface area contributed by atoms with Crippen molar-refractivity contribution in [3.05, 3.63) is 71.3 Å². The number of carbonyl (C=O) groups is 1. The minimum Gasteiger partial charge on any atom is -0.480 e. The lowest BCUT2D eigenvalue weighted by Crippen LogP contribution is -2.44. The van der Waals surface area contributed by atoms with E-state index in [1.807, 2.05) is 30.3 Å². The summed E-state index contributed by atoms with van der Waals surface area (Å²) >= 11 is 0. The van der Waals surface area contributed by atoms with Crippen LogP contribution in [-0.2, 0) is 34.1 Å². The number of sulfonamides is 1. The van der Waals surface area contributed by atoms with Gasteiger partial charge in [-0.15, -0.1) is 0 Å². The summed E-state index contributed by atoms with van der Waals surface area (Å²) in [7, 11) is -3.68. The summed E-state index contributed by atoms with van der Waals surface area (Å²) in [6.45, 7) is 0. The molecule has 5 nitrogen and oxygen atoms in total. The summed E-state index contributed by atoms with van der Waals surface area (Å²) in [4.78, 5) is 11.5. The number of fused-ring (bicyclic) bond motifs is 1. The molecule has 1 atom stereocenters. The molecule has 0 aliphatic heterocycles. The lowest BCUT2D eigenvalue weighted by molar-refractivity contribution is -0.138. The predicted molar refractivity (Wildman–Crippen MR) is 95.8 cm³/mol. The Labute approximate surface area is 147 Å². The van der Waals surface area contributed by atoms with Crippen LogP contribution in [0.1, 0.15) is 16.7 Å². The number of carboxylic acid groups (broad SMARTS) is 1. The summed E-state index contributed by atoms with van der Waals surface area (Å²) < 4.78 is 27.3. The standard InChI is InChI=1S/C19H21NO4S/c21-19(22)18(12-14-6-2-1-3-7-14)20-25(23,24)13-15-10-16-8-4-5-9-17(16)11-15/h1-9,15,18,20H,10-13H2,(H,21,22)/t18-/m1/s1. The van der Waals surface area contributed by atoms with Crippen LogP contribution in [0.4, 0.5) is 0 Å². The molecule has 6 heteroatoms. The van der Waals surface area contributed by atoms with Gasteiger partial charge in [-0.2, -0.15) is 0 Å². The predicted octanol–water partition coefficient (Wildman–Crippen LogP) is 2.02. The normalized spacial score (nSPS) is 15.7. The molecule has 25 heavy (non-hydrogen) atoms. The lowest BCUT2D eigenvalue weighted by atomic mass is 10.1. The third-order valence-corrected chi connectivity index (χ3v) is 6.05. The third-order valence-electron chi connectivity index (χ3n) is 4.49. The number of hydrogen-bond acceptors (Lipinski definition) is 3. The van der Waals surface area contributed by atoms with Gasteiger partial charge in [-0.25, -0.2) is 13.1 Å². The van der Waals surface area contributed by atoms with E-state index >= 15 is 0 Å². The fraction of sp³-hybridized carbons (Fsp3) is 0.316. The fourth-order valence-electron chi connectivity index (χ4n) is 3.37. The number of rotatable bonds is 7. The van der Waals surface area contributed by atoms with Crippen molar-refractivity contribution >= 4 is 16.0 Å². The Morgan fingerprint density at radius 2 is 1.60 bits per heavy atom. The Kier molecular flexibility index (Phi) is 5.20. The minimum atomic E-state index is -3.68. The molecule has 1 aliphatic rings. The second kappa shape index (κ2) is 7.37. The van der Waals surface area contributed by atoms with E-state index in [9.17, 15) is 18.3 Å². The second-order valence-electron chi connectivity index (χ2n) is 6.52. The number of benzene rings is 2. The van der Waals surface area contributed by atoms with Gasteiger partial charge in [-0.1, -0.05) is 54.6 Å². The topological polar surface area (TPSA) is 83.5 Å². The molecule has 0 heterocycles. The van der Waals surface area contributed by atoms with Gasteiger partial charge in [-0.3, -0.25) is 4.79 Å². The van der Waals surface area contributed by atoms with Crippen molar-refractivity contribution < 1.29 is 18.3 Å². The van der Waals surface area contributed by atoms with Crippen molar-refractivity contribution in [2.75, 3.05) is 5.75 Å². The van der Waals surface area contributed by atoms with Crippen molar-refractivity contribution in [2.45, 2.75) is 25.3 Å². The zero-order valence-corrected chi connectivity index (χ0v) is 14.6. The first-order valence-electron chi connectivity index (χ1n) is 8.26. The smallest absolute Gasteiger partial charge is 0.322 e. The van der Waals surface area contributed by atoms with Crippen molar-refractivity contribution in [3.63, 3.8) is 0 Å². The lowest BCUT2D eigenvalue weighted by Gasteiger charge is -2.17. The molecule has 0 aromatic heterocycles. The van der Waals surface area contributed by atoms with Crippen LogP contribution in [0.3, 0.4) is 0 Å². The van der Waals surface area contributed by atoms with Crippen molar-refractivity contribution in [1.82, 2.24) is 4.72 Å². The van der Waals surface area contributed by atoms with Crippen molar-refractivity contribution in [1.29, 1.82) is 0 Å². The molecular weight excluding hydrogens is 338 g/mol. The molecule has 0 spiro atoms. The van der Waals surface area contributed by atoms with Crippen LogP contribution in [0.15, 0.2) is 54.6 Å². The molecule has 3 rings (SSSR count). The summed E-state index contributed by atoms with van der Waals surface area (Å²) in [6.07, 6.45) is 1.56. The highest BCUT2D eigenvalue weighted by atomic mass is 32.2. The molecule has 0 bridgehead atoms. The average molecular weight is 359 g/mol. The van der Waals surface area contributed by atoms with E-state index in [2.05, 4.69) is 4.72 Å². The molecule has 2 N–H and O–H groups in total. The van der Waals surface area contributed by atoms with E-state index in [1.165, 1.54) is 11.1 Å². The maximum Gasteiger partial charge on any atom is 0.322 e. The van der Waals surface area contributed by atoms with Crippen LogP contribution in [0.25, 0.3) is 0 Å². The van der Waals surface area contributed by atoms with E-state index in [0.717, 1.165) is 5.56 Å². The zero-order chi connectivity index (χ0) is 17.9. The summed E-state index contributed by atoms with van der Waals surface area (Å²) in [5.41, 5.74) is 3.15. The Morgan fingerprint density at radius 1 is 1.04 bits per heavy atom. The van der Waals surface area contributed by atoms with Crippen molar-refractivity contribution in [2.24, 2.45) is 5.92 Å². The van der Waals surface area contributed by atoms with E-state index in [0.29, 0.717) is 12.8 Å². The van der Waals surface area contributed by atoms with Gasteiger partial charge in [-0.05, 0) is 41.9 Å². The average Bonchev–Trinajstić information content (AvgIpc) is 2.96.